The zero-order valence-corrected chi connectivity index (χ0v) is 8.49. The van der Waals surface area contributed by atoms with E-state index in [1.807, 2.05) is 25.2 Å². The summed E-state index contributed by atoms with van der Waals surface area (Å²) in [5, 5.41) is 0. The topological polar surface area (TPSA) is 26.3 Å². The first kappa shape index (κ1) is 12.2. The maximum absolute atomic E-state index is 10.3. The van der Waals surface area contributed by atoms with Crippen LogP contribution in [0.5, 0.6) is 0 Å². The van der Waals surface area contributed by atoms with Gasteiger partial charge in [-0.15, -0.1) is 0 Å². The van der Waals surface area contributed by atoms with Crippen LogP contribution < -0.4 is 0 Å². The van der Waals surface area contributed by atoms with E-state index in [9.17, 15) is 4.79 Å². The molecule has 0 aliphatic carbocycles. The molecule has 0 N–H and O–H groups in total. The van der Waals surface area contributed by atoms with Crippen LogP contribution in [0.2, 0.25) is 0 Å². The third-order valence-corrected chi connectivity index (χ3v) is 1.15. The van der Waals surface area contributed by atoms with E-state index in [0.29, 0.717) is 0 Å². The standard InChI is InChI=1S/C12H14O2/c1-3-4-5-6-7-8-9-10-11-14-12(2)13/h3-6,9-10H,11H2,1-2H3/b4-3+,6-5+,10-9+. The van der Waals surface area contributed by atoms with Crippen molar-refractivity contribution in [3.63, 3.8) is 0 Å². The Bertz CT molecular complexity index is 298. The number of rotatable bonds is 3. The van der Waals surface area contributed by atoms with Crippen molar-refractivity contribution in [3.05, 3.63) is 36.5 Å². The number of allylic oxidation sites excluding steroid dienone is 5. The molecule has 0 aliphatic heterocycles. The van der Waals surface area contributed by atoms with E-state index < -0.39 is 0 Å². The highest BCUT2D eigenvalue weighted by molar-refractivity contribution is 5.66. The van der Waals surface area contributed by atoms with Gasteiger partial charge in [0.2, 0.25) is 0 Å². The van der Waals surface area contributed by atoms with Crippen molar-refractivity contribution in [1.29, 1.82) is 0 Å². The summed E-state index contributed by atoms with van der Waals surface area (Å²) in [6, 6.07) is 0. The minimum absolute atomic E-state index is 0.280. The number of hydrogen-bond acceptors (Lipinski definition) is 2. The molecule has 0 radical (unpaired) electrons. The molecule has 0 fully saturated rings. The van der Waals surface area contributed by atoms with Crippen molar-refractivity contribution in [2.45, 2.75) is 13.8 Å². The second-order valence-electron chi connectivity index (χ2n) is 2.38. The summed E-state index contributed by atoms with van der Waals surface area (Å²) in [5.41, 5.74) is 0. The molecule has 0 spiro atoms. The van der Waals surface area contributed by atoms with E-state index in [1.165, 1.54) is 6.92 Å². The Morgan fingerprint density at radius 2 is 2.00 bits per heavy atom. The van der Waals surface area contributed by atoms with E-state index >= 15 is 0 Å². The van der Waals surface area contributed by atoms with Crippen LogP contribution in [0.25, 0.3) is 0 Å². The molecule has 14 heavy (non-hydrogen) atoms. The Kier molecular flexibility index (Phi) is 8.17. The molecule has 0 aliphatic rings. The molecule has 0 atom stereocenters. The normalized spacial score (nSPS) is 10.7. The van der Waals surface area contributed by atoms with E-state index in [-0.39, 0.29) is 12.6 Å². The SMILES string of the molecule is C/C=C/C=C/C#C/C=C/COC(C)=O. The number of esters is 1. The Morgan fingerprint density at radius 3 is 2.64 bits per heavy atom. The third-order valence-electron chi connectivity index (χ3n) is 1.15. The molecular weight excluding hydrogens is 176 g/mol. The molecule has 0 saturated heterocycles. The lowest BCUT2D eigenvalue weighted by molar-refractivity contribution is -0.139. The van der Waals surface area contributed by atoms with Gasteiger partial charge >= 0.3 is 5.97 Å². The quantitative estimate of drug-likeness (QED) is 0.387. The summed E-state index contributed by atoms with van der Waals surface area (Å²) in [6.45, 7) is 3.60. The van der Waals surface area contributed by atoms with Gasteiger partial charge in [0, 0.05) is 6.92 Å². The van der Waals surface area contributed by atoms with Crippen LogP contribution in [0.3, 0.4) is 0 Å². The first-order valence-electron chi connectivity index (χ1n) is 4.34. The summed E-state index contributed by atoms with van der Waals surface area (Å²) in [7, 11) is 0. The van der Waals surface area contributed by atoms with E-state index in [2.05, 4.69) is 16.6 Å². The fraction of sp³-hybridized carbons (Fsp3) is 0.250. The van der Waals surface area contributed by atoms with Gasteiger partial charge in [-0.25, -0.2) is 0 Å². The summed E-state index contributed by atoms with van der Waals surface area (Å²) in [4.78, 5) is 10.3. The van der Waals surface area contributed by atoms with Gasteiger partial charge in [-0.3, -0.25) is 4.79 Å². The van der Waals surface area contributed by atoms with Gasteiger partial charge in [-0.1, -0.05) is 30.1 Å². The predicted octanol–water partition coefficient (Wildman–Crippen LogP) is 2.24. The van der Waals surface area contributed by atoms with Crippen LogP contribution in [0.15, 0.2) is 36.5 Å². The lowest BCUT2D eigenvalue weighted by atomic mass is 10.4. The van der Waals surface area contributed by atoms with E-state index in [1.54, 1.807) is 18.2 Å². The van der Waals surface area contributed by atoms with Crippen LogP contribution in [0.1, 0.15) is 13.8 Å². The third kappa shape index (κ3) is 10.2. The van der Waals surface area contributed by atoms with Crippen LogP contribution in [-0.4, -0.2) is 12.6 Å². The predicted molar refractivity (Wildman–Crippen MR) is 57.5 cm³/mol. The number of hydrogen-bond donors (Lipinski definition) is 0. The van der Waals surface area contributed by atoms with Gasteiger partial charge in [0.15, 0.2) is 0 Å². The van der Waals surface area contributed by atoms with Gasteiger partial charge in [0.1, 0.15) is 6.61 Å². The molecule has 0 amide bonds. The zero-order valence-electron chi connectivity index (χ0n) is 8.49. The number of carbonyl (C=O) groups is 1. The molecule has 0 aromatic carbocycles. The molecule has 0 aromatic heterocycles. The van der Waals surface area contributed by atoms with Crippen LogP contribution in [0.4, 0.5) is 0 Å². The number of ether oxygens (including phenoxy) is 1. The van der Waals surface area contributed by atoms with Crippen molar-refractivity contribution in [1.82, 2.24) is 0 Å². The Balaban J connectivity index is 3.64. The lowest BCUT2D eigenvalue weighted by Gasteiger charge is -1.91. The summed E-state index contributed by atoms with van der Waals surface area (Å²) in [6.07, 6.45) is 10.8. The summed E-state index contributed by atoms with van der Waals surface area (Å²) in [5.74, 6) is 5.29. The maximum atomic E-state index is 10.3. The first-order chi connectivity index (χ1) is 6.77. The molecule has 0 bridgehead atoms. The highest BCUT2D eigenvalue weighted by Gasteiger charge is 1.84. The van der Waals surface area contributed by atoms with Crippen molar-refractivity contribution < 1.29 is 9.53 Å². The molecule has 0 unspecified atom stereocenters. The molecule has 0 rings (SSSR count). The average molecular weight is 190 g/mol. The molecular formula is C12H14O2. The minimum Gasteiger partial charge on any atom is -0.462 e. The fourth-order valence-electron chi connectivity index (χ4n) is 0.584. The highest BCUT2D eigenvalue weighted by atomic mass is 16.5. The van der Waals surface area contributed by atoms with Crippen LogP contribution in [-0.2, 0) is 9.53 Å². The first-order valence-corrected chi connectivity index (χ1v) is 4.34. The average Bonchev–Trinajstić information content (AvgIpc) is 2.15. The van der Waals surface area contributed by atoms with Crippen molar-refractivity contribution in [3.8, 4) is 11.8 Å². The zero-order chi connectivity index (χ0) is 10.6. The highest BCUT2D eigenvalue weighted by Crippen LogP contribution is 1.78. The van der Waals surface area contributed by atoms with Crippen molar-refractivity contribution >= 4 is 5.97 Å². The fourth-order valence-corrected chi connectivity index (χ4v) is 0.584. The van der Waals surface area contributed by atoms with Crippen molar-refractivity contribution in [2.24, 2.45) is 0 Å². The molecule has 2 nitrogen and oxygen atoms in total. The number of carbonyl (C=O) groups excluding carboxylic acids is 1. The molecule has 2 heteroatoms. The smallest absolute Gasteiger partial charge is 0.302 e. The van der Waals surface area contributed by atoms with E-state index in [0.717, 1.165) is 0 Å². The monoisotopic (exact) mass is 190 g/mol. The van der Waals surface area contributed by atoms with Gasteiger partial charge < -0.3 is 4.74 Å². The van der Waals surface area contributed by atoms with Crippen LogP contribution >= 0.6 is 0 Å². The Hall–Kier alpha value is -1.75. The second kappa shape index (κ2) is 9.34. The van der Waals surface area contributed by atoms with E-state index in [4.69, 9.17) is 0 Å². The van der Waals surface area contributed by atoms with Crippen LogP contribution in [0, 0.1) is 11.8 Å². The molecule has 0 saturated carbocycles. The second-order valence-corrected chi connectivity index (χ2v) is 2.38. The van der Waals surface area contributed by atoms with Gasteiger partial charge in [0.25, 0.3) is 0 Å². The molecule has 0 heterocycles. The summed E-state index contributed by atoms with van der Waals surface area (Å²) < 4.78 is 4.66. The van der Waals surface area contributed by atoms with Gasteiger partial charge in [0.05, 0.1) is 0 Å². The van der Waals surface area contributed by atoms with Gasteiger partial charge in [-0.2, -0.15) is 0 Å². The van der Waals surface area contributed by atoms with Crippen molar-refractivity contribution in [2.75, 3.05) is 6.61 Å². The minimum atomic E-state index is -0.282. The molecule has 0 aromatic rings. The Morgan fingerprint density at radius 1 is 1.29 bits per heavy atom. The van der Waals surface area contributed by atoms with Gasteiger partial charge in [-0.05, 0) is 25.2 Å². The Labute approximate surface area is 85.0 Å². The summed E-state index contributed by atoms with van der Waals surface area (Å²) >= 11 is 0. The molecule has 74 valence electrons. The largest absolute Gasteiger partial charge is 0.462 e. The maximum Gasteiger partial charge on any atom is 0.302 e. The lowest BCUT2D eigenvalue weighted by Crippen LogP contribution is -1.96.